The molecule has 0 aliphatic carbocycles. The number of carbonyl (C=O) groups is 2. The van der Waals surface area contributed by atoms with E-state index in [4.69, 9.17) is 14.6 Å². The molecule has 1 aliphatic heterocycles. The van der Waals surface area contributed by atoms with E-state index in [9.17, 15) is 9.59 Å². The van der Waals surface area contributed by atoms with Gasteiger partial charge in [0.15, 0.2) is 11.5 Å². The summed E-state index contributed by atoms with van der Waals surface area (Å²) in [5, 5.41) is 11.6. The van der Waals surface area contributed by atoms with Crippen LogP contribution in [0.1, 0.15) is 20.3 Å². The molecule has 3 atom stereocenters. The first-order valence-electron chi connectivity index (χ1n) is 7.09. The van der Waals surface area contributed by atoms with Crippen molar-refractivity contribution >= 4 is 11.9 Å². The van der Waals surface area contributed by atoms with Crippen molar-refractivity contribution < 1.29 is 24.2 Å². The molecule has 2 N–H and O–H groups in total. The number of rotatable bonds is 5. The molecule has 0 radical (unpaired) electrons. The molecule has 3 unspecified atom stereocenters. The molecule has 6 heteroatoms. The molecule has 0 saturated carbocycles. The Kier molecular flexibility index (Phi) is 5.04. The molecule has 118 valence electrons. The second-order valence-electron chi connectivity index (χ2n) is 5.01. The van der Waals surface area contributed by atoms with Crippen molar-refractivity contribution in [3.63, 3.8) is 0 Å². The van der Waals surface area contributed by atoms with E-state index in [0.29, 0.717) is 11.5 Å². The summed E-state index contributed by atoms with van der Waals surface area (Å²) in [6.45, 7) is 3.50. The van der Waals surface area contributed by atoms with Crippen molar-refractivity contribution in [1.29, 1.82) is 0 Å². The second kappa shape index (κ2) is 6.98. The molecule has 0 saturated heterocycles. The average molecular weight is 305 g/mol. The molecular weight excluding hydrogens is 286 g/mol. The van der Waals surface area contributed by atoms with Gasteiger partial charge in [0.05, 0.1) is 0 Å². The number of aliphatic carboxylic acids is 1. The van der Waals surface area contributed by atoms with Crippen molar-refractivity contribution in [3.05, 3.63) is 36.4 Å². The quantitative estimate of drug-likeness (QED) is 0.810. The first kappa shape index (κ1) is 15.9. The molecule has 2 rings (SSSR count). The van der Waals surface area contributed by atoms with Gasteiger partial charge in [-0.3, -0.25) is 4.79 Å². The zero-order valence-corrected chi connectivity index (χ0v) is 12.5. The predicted octanol–water partition coefficient (Wildman–Crippen LogP) is 1.75. The van der Waals surface area contributed by atoms with Crippen molar-refractivity contribution in [1.82, 2.24) is 5.32 Å². The van der Waals surface area contributed by atoms with Crippen LogP contribution in [0.2, 0.25) is 0 Å². The van der Waals surface area contributed by atoms with Crippen LogP contribution in [0, 0.1) is 0 Å². The number of hydrogen-bond acceptors (Lipinski definition) is 4. The van der Waals surface area contributed by atoms with Gasteiger partial charge in [0, 0.05) is 0 Å². The number of allylic oxidation sites excluding steroid dienone is 1. The van der Waals surface area contributed by atoms with Crippen LogP contribution in [0.25, 0.3) is 0 Å². The third kappa shape index (κ3) is 3.58. The highest BCUT2D eigenvalue weighted by Crippen LogP contribution is 2.33. The van der Waals surface area contributed by atoms with Crippen LogP contribution < -0.4 is 14.8 Å². The minimum Gasteiger partial charge on any atom is -0.482 e. The predicted molar refractivity (Wildman–Crippen MR) is 79.9 cm³/mol. The van der Waals surface area contributed by atoms with Crippen LogP contribution >= 0.6 is 0 Å². The van der Waals surface area contributed by atoms with E-state index in [1.54, 1.807) is 44.2 Å². The average Bonchev–Trinajstić information content (AvgIpc) is 2.50. The van der Waals surface area contributed by atoms with Crippen molar-refractivity contribution in [2.24, 2.45) is 0 Å². The Morgan fingerprint density at radius 3 is 2.55 bits per heavy atom. The Hall–Kier alpha value is -2.50. The van der Waals surface area contributed by atoms with E-state index in [1.807, 2.05) is 6.07 Å². The number of amides is 1. The Bertz CT molecular complexity index is 584. The van der Waals surface area contributed by atoms with Gasteiger partial charge in [0.2, 0.25) is 6.10 Å². The molecule has 0 spiro atoms. The largest absolute Gasteiger partial charge is 0.482 e. The smallest absolute Gasteiger partial charge is 0.326 e. The van der Waals surface area contributed by atoms with E-state index >= 15 is 0 Å². The van der Waals surface area contributed by atoms with Gasteiger partial charge in [-0.05, 0) is 32.4 Å². The molecule has 0 aromatic heterocycles. The number of benzene rings is 1. The number of ether oxygens (including phenoxy) is 2. The van der Waals surface area contributed by atoms with Gasteiger partial charge in [-0.2, -0.15) is 0 Å². The van der Waals surface area contributed by atoms with E-state index < -0.39 is 30.1 Å². The first-order valence-corrected chi connectivity index (χ1v) is 7.09. The maximum absolute atomic E-state index is 12.3. The van der Waals surface area contributed by atoms with E-state index in [0.717, 1.165) is 0 Å². The minimum atomic E-state index is -1.09. The number of carbonyl (C=O) groups excluding carboxylic acids is 1. The zero-order chi connectivity index (χ0) is 16.1. The maximum Gasteiger partial charge on any atom is 0.326 e. The number of carboxylic acid groups (broad SMARTS) is 1. The van der Waals surface area contributed by atoms with E-state index in [2.05, 4.69) is 5.32 Å². The lowest BCUT2D eigenvalue weighted by Gasteiger charge is -2.31. The zero-order valence-electron chi connectivity index (χ0n) is 12.5. The van der Waals surface area contributed by atoms with Gasteiger partial charge < -0.3 is 19.9 Å². The summed E-state index contributed by atoms with van der Waals surface area (Å²) in [6, 6.07) is 6.06. The SMILES string of the molecule is C/C=C/CC(NC(=O)C1Oc2ccccc2OC1C)C(=O)O. The topological polar surface area (TPSA) is 84.9 Å². The molecule has 1 heterocycles. The molecule has 22 heavy (non-hydrogen) atoms. The van der Waals surface area contributed by atoms with Gasteiger partial charge in [-0.15, -0.1) is 0 Å². The summed E-state index contributed by atoms with van der Waals surface area (Å²) in [4.78, 5) is 23.5. The van der Waals surface area contributed by atoms with Gasteiger partial charge >= 0.3 is 5.97 Å². The van der Waals surface area contributed by atoms with Crippen LogP contribution in [0.4, 0.5) is 0 Å². The Morgan fingerprint density at radius 2 is 1.95 bits per heavy atom. The van der Waals surface area contributed by atoms with Crippen molar-refractivity contribution in [2.75, 3.05) is 0 Å². The van der Waals surface area contributed by atoms with Crippen LogP contribution in [-0.4, -0.2) is 35.2 Å². The second-order valence-corrected chi connectivity index (χ2v) is 5.01. The lowest BCUT2D eigenvalue weighted by atomic mass is 10.1. The van der Waals surface area contributed by atoms with Crippen LogP contribution in [-0.2, 0) is 9.59 Å². The number of carboxylic acids is 1. The van der Waals surface area contributed by atoms with E-state index in [1.165, 1.54) is 0 Å². The van der Waals surface area contributed by atoms with Crippen molar-refractivity contribution in [2.45, 2.75) is 38.5 Å². The van der Waals surface area contributed by atoms with Crippen LogP contribution in [0.5, 0.6) is 11.5 Å². The summed E-state index contributed by atoms with van der Waals surface area (Å²) in [5.74, 6) is -0.543. The monoisotopic (exact) mass is 305 g/mol. The highest BCUT2D eigenvalue weighted by molar-refractivity contribution is 5.87. The minimum absolute atomic E-state index is 0.218. The van der Waals surface area contributed by atoms with Gasteiger partial charge in [0.25, 0.3) is 5.91 Å². The third-order valence-electron chi connectivity index (χ3n) is 3.32. The third-order valence-corrected chi connectivity index (χ3v) is 3.32. The molecule has 1 aromatic rings. The van der Waals surface area contributed by atoms with Gasteiger partial charge in [-0.1, -0.05) is 24.3 Å². The standard InChI is InChI=1S/C16H19NO5/c1-3-4-7-11(16(19)20)17-15(18)14-10(2)21-12-8-5-6-9-13(12)22-14/h3-6,8-11,14H,7H2,1-2H3,(H,17,18)(H,19,20)/b4-3+. The molecular formula is C16H19NO5. The number of para-hydroxylation sites is 2. The number of nitrogens with one attached hydrogen (secondary N) is 1. The summed E-state index contributed by atoms with van der Waals surface area (Å²) in [7, 11) is 0. The summed E-state index contributed by atoms with van der Waals surface area (Å²) < 4.78 is 11.3. The van der Waals surface area contributed by atoms with Crippen LogP contribution in [0.3, 0.4) is 0 Å². The fraction of sp³-hybridized carbons (Fsp3) is 0.375. The van der Waals surface area contributed by atoms with Gasteiger partial charge in [-0.25, -0.2) is 4.79 Å². The molecule has 1 amide bonds. The Balaban J connectivity index is 2.07. The number of hydrogen-bond donors (Lipinski definition) is 2. The molecule has 6 nitrogen and oxygen atoms in total. The lowest BCUT2D eigenvalue weighted by molar-refractivity contribution is -0.144. The first-order chi connectivity index (χ1) is 10.5. The molecule has 0 bridgehead atoms. The fourth-order valence-electron chi connectivity index (χ4n) is 2.15. The summed E-state index contributed by atoms with van der Waals surface area (Å²) in [6.07, 6.45) is 2.25. The van der Waals surface area contributed by atoms with E-state index in [-0.39, 0.29) is 6.42 Å². The molecule has 1 aromatic carbocycles. The highest BCUT2D eigenvalue weighted by atomic mass is 16.6. The van der Waals surface area contributed by atoms with Gasteiger partial charge in [0.1, 0.15) is 12.1 Å². The maximum atomic E-state index is 12.3. The normalized spacial score (nSPS) is 21.4. The Labute approximate surface area is 128 Å². The fourth-order valence-corrected chi connectivity index (χ4v) is 2.15. The molecule has 0 fully saturated rings. The van der Waals surface area contributed by atoms with Crippen LogP contribution in [0.15, 0.2) is 36.4 Å². The lowest BCUT2D eigenvalue weighted by Crippen LogP contribution is -2.53. The highest BCUT2D eigenvalue weighted by Gasteiger charge is 2.35. The summed E-state index contributed by atoms with van der Waals surface area (Å²) >= 11 is 0. The van der Waals surface area contributed by atoms with Crippen molar-refractivity contribution in [3.8, 4) is 11.5 Å². The Morgan fingerprint density at radius 1 is 1.32 bits per heavy atom. The summed E-state index contributed by atoms with van der Waals surface area (Å²) in [5.41, 5.74) is 0. The molecule has 1 aliphatic rings. The number of fused-ring (bicyclic) bond motifs is 1.